The van der Waals surface area contributed by atoms with E-state index in [1.807, 2.05) is 20.0 Å². The van der Waals surface area contributed by atoms with Crippen molar-refractivity contribution >= 4 is 32.7 Å². The number of hydrogen-bond acceptors (Lipinski definition) is 3. The molecule has 0 amide bonds. The summed E-state index contributed by atoms with van der Waals surface area (Å²) in [5.74, 6) is -0.225. The largest absolute Gasteiger partial charge is 0.380 e. The topological polar surface area (TPSA) is 42.7 Å². The predicted octanol–water partition coefficient (Wildman–Crippen LogP) is 3.79. The van der Waals surface area contributed by atoms with E-state index < -0.39 is 0 Å². The van der Waals surface area contributed by atoms with Crippen molar-refractivity contribution < 1.29 is 4.39 Å². The Hall–Kier alpha value is -1.95. The van der Waals surface area contributed by atoms with Crippen molar-refractivity contribution in [1.82, 2.24) is 14.8 Å². The third kappa shape index (κ3) is 2.76. The molecule has 1 aromatic carbocycles. The average molecular weight is 349 g/mol. The van der Waals surface area contributed by atoms with E-state index in [1.54, 1.807) is 23.0 Å². The number of pyridine rings is 1. The highest BCUT2D eigenvalue weighted by atomic mass is 79.9. The highest BCUT2D eigenvalue weighted by Gasteiger charge is 2.08. The Morgan fingerprint density at radius 2 is 2.14 bits per heavy atom. The van der Waals surface area contributed by atoms with Crippen molar-refractivity contribution in [3.63, 3.8) is 0 Å². The van der Waals surface area contributed by atoms with Crippen LogP contribution in [-0.4, -0.2) is 14.8 Å². The summed E-state index contributed by atoms with van der Waals surface area (Å²) in [6.45, 7) is 2.35. The van der Waals surface area contributed by atoms with Gasteiger partial charge in [0.1, 0.15) is 5.82 Å². The molecule has 1 N–H and O–H groups in total. The molecule has 0 aliphatic heterocycles. The molecule has 0 saturated heterocycles. The second kappa shape index (κ2) is 5.44. The maximum absolute atomic E-state index is 13.7. The lowest BCUT2D eigenvalue weighted by molar-refractivity contribution is 0.612. The maximum Gasteiger partial charge on any atom is 0.157 e. The van der Waals surface area contributed by atoms with E-state index in [9.17, 15) is 4.39 Å². The van der Waals surface area contributed by atoms with Gasteiger partial charge >= 0.3 is 0 Å². The zero-order valence-corrected chi connectivity index (χ0v) is 13.3. The number of benzene rings is 1. The van der Waals surface area contributed by atoms with Crippen molar-refractivity contribution in [3.05, 3.63) is 52.0 Å². The van der Waals surface area contributed by atoms with Gasteiger partial charge in [-0.25, -0.2) is 9.37 Å². The molecule has 108 valence electrons. The van der Waals surface area contributed by atoms with Gasteiger partial charge in [0.15, 0.2) is 5.65 Å². The number of fused-ring (bicyclic) bond motifs is 1. The molecule has 0 unspecified atom stereocenters. The normalized spacial score (nSPS) is 11.0. The van der Waals surface area contributed by atoms with E-state index in [0.29, 0.717) is 12.1 Å². The molecule has 3 aromatic rings. The minimum absolute atomic E-state index is 0.225. The molecule has 0 aliphatic rings. The van der Waals surface area contributed by atoms with Crippen LogP contribution >= 0.6 is 15.9 Å². The highest BCUT2D eigenvalue weighted by Crippen LogP contribution is 2.21. The summed E-state index contributed by atoms with van der Waals surface area (Å²) in [5, 5.41) is 8.53. The van der Waals surface area contributed by atoms with Crippen LogP contribution in [0.2, 0.25) is 0 Å². The van der Waals surface area contributed by atoms with Gasteiger partial charge in [-0.1, -0.05) is 15.9 Å². The fourth-order valence-corrected chi connectivity index (χ4v) is 2.69. The van der Waals surface area contributed by atoms with Gasteiger partial charge in [0, 0.05) is 29.0 Å². The molecule has 6 heteroatoms. The van der Waals surface area contributed by atoms with E-state index in [4.69, 9.17) is 0 Å². The quantitative estimate of drug-likeness (QED) is 0.782. The predicted molar refractivity (Wildman–Crippen MR) is 84.7 cm³/mol. The first-order valence-electron chi connectivity index (χ1n) is 6.52. The highest BCUT2D eigenvalue weighted by molar-refractivity contribution is 9.10. The number of rotatable bonds is 3. The van der Waals surface area contributed by atoms with E-state index in [0.717, 1.165) is 26.9 Å². The number of hydrogen-bond donors (Lipinski definition) is 1. The van der Waals surface area contributed by atoms with E-state index >= 15 is 0 Å². The van der Waals surface area contributed by atoms with E-state index in [1.165, 1.54) is 6.07 Å². The standard InChI is InChI=1S/C15H14BrFN4/c1-9-13-6-12(8-19-15(13)21(2)20-9)18-7-10-5-11(16)3-4-14(10)17/h3-6,8,18H,7H2,1-2H3. The van der Waals surface area contributed by atoms with Crippen LogP contribution in [0.5, 0.6) is 0 Å². The number of nitrogens with zero attached hydrogens (tertiary/aromatic N) is 3. The summed E-state index contributed by atoms with van der Waals surface area (Å²) in [6.07, 6.45) is 1.74. The fourth-order valence-electron chi connectivity index (χ4n) is 2.28. The molecule has 0 atom stereocenters. The van der Waals surface area contributed by atoms with E-state index in [-0.39, 0.29) is 5.82 Å². The summed E-state index contributed by atoms with van der Waals surface area (Å²) in [6, 6.07) is 6.89. The Bertz CT molecular complexity index is 813. The Kier molecular flexibility index (Phi) is 3.63. The number of halogens is 2. The SMILES string of the molecule is Cc1nn(C)c2ncc(NCc3cc(Br)ccc3F)cc12. The average Bonchev–Trinajstić information content (AvgIpc) is 2.75. The van der Waals surface area contributed by atoms with Crippen molar-refractivity contribution in [2.75, 3.05) is 5.32 Å². The van der Waals surface area contributed by atoms with Crippen LogP contribution in [0.4, 0.5) is 10.1 Å². The smallest absolute Gasteiger partial charge is 0.157 e. The molecule has 0 spiro atoms. The summed E-state index contributed by atoms with van der Waals surface area (Å²) >= 11 is 3.35. The van der Waals surface area contributed by atoms with Crippen LogP contribution in [-0.2, 0) is 13.6 Å². The number of aryl methyl sites for hydroxylation is 2. The second-order valence-electron chi connectivity index (χ2n) is 4.89. The Balaban J connectivity index is 1.85. The van der Waals surface area contributed by atoms with Crippen LogP contribution in [0.3, 0.4) is 0 Å². The van der Waals surface area contributed by atoms with E-state index in [2.05, 4.69) is 31.3 Å². The number of anilines is 1. The molecule has 0 radical (unpaired) electrons. The zero-order valence-electron chi connectivity index (χ0n) is 11.7. The lowest BCUT2D eigenvalue weighted by Crippen LogP contribution is -2.02. The molecule has 2 heterocycles. The molecule has 4 nitrogen and oxygen atoms in total. The third-order valence-corrected chi connectivity index (χ3v) is 3.85. The van der Waals surface area contributed by atoms with Crippen LogP contribution in [0.25, 0.3) is 11.0 Å². The van der Waals surface area contributed by atoms with Crippen LogP contribution in [0.15, 0.2) is 34.9 Å². The third-order valence-electron chi connectivity index (χ3n) is 3.35. The molecule has 0 aliphatic carbocycles. The molecule has 0 saturated carbocycles. The summed E-state index contributed by atoms with van der Waals surface area (Å²) < 4.78 is 16.3. The van der Waals surface area contributed by atoms with Crippen LogP contribution in [0.1, 0.15) is 11.3 Å². The first-order valence-corrected chi connectivity index (χ1v) is 7.31. The molecule has 0 bridgehead atoms. The van der Waals surface area contributed by atoms with Gasteiger partial charge in [-0.3, -0.25) is 4.68 Å². The van der Waals surface area contributed by atoms with Crippen molar-refractivity contribution in [1.29, 1.82) is 0 Å². The maximum atomic E-state index is 13.7. The van der Waals surface area contributed by atoms with Gasteiger partial charge in [-0.05, 0) is 31.2 Å². The minimum Gasteiger partial charge on any atom is -0.380 e. The Morgan fingerprint density at radius 3 is 2.95 bits per heavy atom. The lowest BCUT2D eigenvalue weighted by atomic mass is 10.2. The minimum atomic E-state index is -0.225. The first kappa shape index (κ1) is 14.0. The summed E-state index contributed by atoms with van der Waals surface area (Å²) in [4.78, 5) is 4.39. The molecular formula is C15H14BrFN4. The fraction of sp³-hybridized carbons (Fsp3) is 0.200. The van der Waals surface area contributed by atoms with Gasteiger partial charge in [-0.2, -0.15) is 5.10 Å². The number of aromatic nitrogens is 3. The van der Waals surface area contributed by atoms with Gasteiger partial charge in [0.05, 0.1) is 17.6 Å². The van der Waals surface area contributed by atoms with Crippen LogP contribution in [0, 0.1) is 12.7 Å². The van der Waals surface area contributed by atoms with Crippen molar-refractivity contribution in [3.8, 4) is 0 Å². The number of nitrogens with one attached hydrogen (secondary N) is 1. The van der Waals surface area contributed by atoms with Crippen LogP contribution < -0.4 is 5.32 Å². The molecule has 21 heavy (non-hydrogen) atoms. The van der Waals surface area contributed by atoms with Gasteiger partial charge in [0.25, 0.3) is 0 Å². The summed E-state index contributed by atoms with van der Waals surface area (Å²) in [7, 11) is 1.87. The second-order valence-corrected chi connectivity index (χ2v) is 5.81. The first-order chi connectivity index (χ1) is 10.0. The molecular weight excluding hydrogens is 335 g/mol. The lowest BCUT2D eigenvalue weighted by Gasteiger charge is -2.08. The zero-order chi connectivity index (χ0) is 15.0. The molecule has 3 rings (SSSR count). The van der Waals surface area contributed by atoms with Gasteiger partial charge in [0.2, 0.25) is 0 Å². The Labute approximate surface area is 130 Å². The summed E-state index contributed by atoms with van der Waals surface area (Å²) in [5.41, 5.74) is 3.22. The van der Waals surface area contributed by atoms with Gasteiger partial charge < -0.3 is 5.32 Å². The van der Waals surface area contributed by atoms with Crippen molar-refractivity contribution in [2.24, 2.45) is 7.05 Å². The molecule has 0 fully saturated rings. The monoisotopic (exact) mass is 348 g/mol. The van der Waals surface area contributed by atoms with Crippen molar-refractivity contribution in [2.45, 2.75) is 13.5 Å². The van der Waals surface area contributed by atoms with Gasteiger partial charge in [-0.15, -0.1) is 0 Å². The molecule has 2 aromatic heterocycles. The Morgan fingerprint density at radius 1 is 1.33 bits per heavy atom.